The van der Waals surface area contributed by atoms with Gasteiger partial charge in [0.05, 0.1) is 24.3 Å². The molecule has 11 heteroatoms. The molecule has 0 unspecified atom stereocenters. The molecule has 43 heavy (non-hydrogen) atoms. The zero-order chi connectivity index (χ0) is 31.5. The van der Waals surface area contributed by atoms with Gasteiger partial charge in [-0.1, -0.05) is 17.9 Å². The third-order valence-electron chi connectivity index (χ3n) is 8.59. The van der Waals surface area contributed by atoms with Gasteiger partial charge in [0.2, 0.25) is 5.78 Å². The van der Waals surface area contributed by atoms with Crippen molar-refractivity contribution in [1.29, 1.82) is 0 Å². The van der Waals surface area contributed by atoms with E-state index in [-0.39, 0.29) is 29.5 Å². The second kappa shape index (κ2) is 10.5. The van der Waals surface area contributed by atoms with Crippen LogP contribution >= 0.6 is 0 Å². The van der Waals surface area contributed by atoms with E-state index >= 15 is 0 Å². The van der Waals surface area contributed by atoms with E-state index in [9.17, 15) is 34.8 Å². The maximum Gasteiger partial charge on any atom is 0.255 e. The van der Waals surface area contributed by atoms with Crippen molar-refractivity contribution < 1.29 is 39.5 Å². The normalized spacial score (nSPS) is 24.6. The van der Waals surface area contributed by atoms with Crippen LogP contribution in [0, 0.1) is 23.7 Å². The van der Waals surface area contributed by atoms with Crippen LogP contribution in [0.15, 0.2) is 53.0 Å². The monoisotopic (exact) mass is 587 g/mol. The van der Waals surface area contributed by atoms with Gasteiger partial charge in [0.25, 0.3) is 5.91 Å². The standard InChI is InChI=1S/C32H33N3O8/c1-34(2)21-14-16(10-9-15-7-6-8-18(11-15)43-5)26(36)23-19(21)12-17-13-20-25(35(3)4)28(38)24(31(33)41)30(40)32(20,42)29(39)22(17)27(23)37/h6-8,11,14,17,20,25,36,38-39,42H,12-13H2,1-5H3,(H2,33,41)/t17-,20-,25-,32-/m1/s1. The number of rotatable bonds is 4. The van der Waals surface area contributed by atoms with Gasteiger partial charge in [-0.2, -0.15) is 0 Å². The second-order valence-electron chi connectivity index (χ2n) is 11.5. The van der Waals surface area contributed by atoms with E-state index in [1.165, 1.54) is 12.0 Å². The van der Waals surface area contributed by atoms with Gasteiger partial charge in [-0.25, -0.2) is 0 Å². The minimum absolute atomic E-state index is 0.0107. The van der Waals surface area contributed by atoms with Crippen molar-refractivity contribution in [2.75, 3.05) is 40.2 Å². The molecule has 0 bridgehead atoms. The van der Waals surface area contributed by atoms with E-state index in [1.54, 1.807) is 63.4 Å². The predicted octanol–water partition coefficient (Wildman–Crippen LogP) is 1.59. The molecule has 5 rings (SSSR count). The molecule has 0 saturated carbocycles. The Bertz CT molecular complexity index is 1710. The zero-order valence-electron chi connectivity index (χ0n) is 24.4. The molecule has 0 aliphatic heterocycles. The summed E-state index contributed by atoms with van der Waals surface area (Å²) in [4.78, 5) is 43.1. The zero-order valence-corrected chi connectivity index (χ0v) is 24.4. The molecule has 0 fully saturated rings. The first-order valence-electron chi connectivity index (χ1n) is 13.6. The molecule has 1 amide bonds. The number of phenols is 1. The molecule has 11 nitrogen and oxygen atoms in total. The van der Waals surface area contributed by atoms with Crippen molar-refractivity contribution in [3.63, 3.8) is 0 Å². The van der Waals surface area contributed by atoms with Gasteiger partial charge >= 0.3 is 0 Å². The number of aliphatic hydroxyl groups is 3. The molecule has 6 N–H and O–H groups in total. The highest BCUT2D eigenvalue weighted by Crippen LogP contribution is 2.53. The summed E-state index contributed by atoms with van der Waals surface area (Å²) < 4.78 is 5.24. The third-order valence-corrected chi connectivity index (χ3v) is 8.59. The summed E-state index contributed by atoms with van der Waals surface area (Å²) in [7, 11) is 8.28. The summed E-state index contributed by atoms with van der Waals surface area (Å²) in [5.74, 6) is -0.503. The van der Waals surface area contributed by atoms with E-state index in [1.807, 2.05) is 0 Å². The van der Waals surface area contributed by atoms with E-state index in [0.717, 1.165) is 0 Å². The second-order valence-corrected chi connectivity index (χ2v) is 11.5. The number of likely N-dealkylation sites (N-methyl/N-ethyl adjacent to an activating group) is 1. The van der Waals surface area contributed by atoms with Crippen LogP contribution in [0.5, 0.6) is 11.5 Å². The molecule has 224 valence electrons. The third kappa shape index (κ3) is 4.42. The summed E-state index contributed by atoms with van der Waals surface area (Å²) in [6.07, 6.45) is 0.190. The number of benzene rings is 2. The number of ether oxygens (including phenoxy) is 1. The number of ketones is 2. The van der Waals surface area contributed by atoms with Crippen LogP contribution in [0.1, 0.15) is 33.5 Å². The number of nitrogens with two attached hydrogens (primary N) is 1. The first-order chi connectivity index (χ1) is 20.2. The molecule has 4 atom stereocenters. The molecule has 0 aromatic heterocycles. The smallest absolute Gasteiger partial charge is 0.255 e. The Labute approximate surface area is 248 Å². The number of carbonyl (C=O) groups is 3. The number of amides is 1. The number of primary amides is 1. The average Bonchev–Trinajstić information content (AvgIpc) is 2.94. The topological polar surface area (TPSA) is 174 Å². The van der Waals surface area contributed by atoms with Gasteiger partial charge in [-0.3, -0.25) is 19.3 Å². The summed E-state index contributed by atoms with van der Waals surface area (Å²) in [6.45, 7) is 0. The maximum atomic E-state index is 14.1. The van der Waals surface area contributed by atoms with Crippen molar-refractivity contribution in [3.05, 3.63) is 75.3 Å². The highest BCUT2D eigenvalue weighted by atomic mass is 16.5. The van der Waals surface area contributed by atoms with Crippen molar-refractivity contribution in [1.82, 2.24) is 4.90 Å². The molecular formula is C32H33N3O8. The number of aliphatic hydroxyl groups excluding tert-OH is 2. The highest BCUT2D eigenvalue weighted by molar-refractivity contribution is 6.25. The number of methoxy groups -OCH3 is 1. The van der Waals surface area contributed by atoms with E-state index < -0.39 is 63.8 Å². The Morgan fingerprint density at radius 3 is 2.40 bits per heavy atom. The fraction of sp³-hybridized carbons (Fsp3) is 0.344. The average molecular weight is 588 g/mol. The van der Waals surface area contributed by atoms with E-state index in [0.29, 0.717) is 22.6 Å². The fourth-order valence-corrected chi connectivity index (χ4v) is 6.63. The number of hydrogen-bond donors (Lipinski definition) is 5. The molecule has 0 spiro atoms. The highest BCUT2D eigenvalue weighted by Gasteiger charge is 2.63. The lowest BCUT2D eigenvalue weighted by Gasteiger charge is -2.50. The quantitative estimate of drug-likeness (QED) is 0.261. The van der Waals surface area contributed by atoms with Crippen molar-refractivity contribution in [2.24, 2.45) is 17.6 Å². The van der Waals surface area contributed by atoms with Gasteiger partial charge in [-0.15, -0.1) is 0 Å². The number of allylic oxidation sites excluding steroid dienone is 1. The molecule has 0 radical (unpaired) electrons. The van der Waals surface area contributed by atoms with Gasteiger partial charge in [-0.05, 0) is 62.7 Å². The minimum atomic E-state index is -2.70. The molecule has 3 aliphatic carbocycles. The van der Waals surface area contributed by atoms with Crippen LogP contribution in [-0.2, 0) is 16.0 Å². The molecule has 2 aromatic rings. The number of anilines is 1. The number of carbonyl (C=O) groups excluding carboxylic acids is 3. The van der Waals surface area contributed by atoms with Crippen molar-refractivity contribution in [2.45, 2.75) is 24.5 Å². The molecule has 0 saturated heterocycles. The molecule has 3 aliphatic rings. The summed E-state index contributed by atoms with van der Waals surface area (Å²) in [5.41, 5.74) is 3.45. The Morgan fingerprint density at radius 1 is 1.09 bits per heavy atom. The van der Waals surface area contributed by atoms with Crippen LogP contribution in [0.4, 0.5) is 5.69 Å². The Hall–Kier alpha value is -4.79. The number of fused-ring (bicyclic) bond motifs is 3. The fourth-order valence-electron chi connectivity index (χ4n) is 6.63. The Morgan fingerprint density at radius 2 is 1.79 bits per heavy atom. The summed E-state index contributed by atoms with van der Waals surface area (Å²) in [6, 6.07) is 7.66. The Kier molecular flexibility index (Phi) is 7.24. The number of aromatic hydroxyl groups is 1. The number of hydrogen-bond acceptors (Lipinski definition) is 10. The lowest BCUT2D eigenvalue weighted by Crippen LogP contribution is -2.63. The van der Waals surface area contributed by atoms with Gasteiger partial charge < -0.3 is 35.8 Å². The SMILES string of the molecule is COc1cccc(C#Cc2cc(N(C)C)c3c(c2O)C(=O)C2=C(O)[C@@]4(O)C(=O)C(C(N)=O)=C(O)[C@H](N(C)C)[C@H]4C[C@H]2C3)c1. The van der Waals surface area contributed by atoms with E-state index in [2.05, 4.69) is 11.8 Å². The lowest BCUT2D eigenvalue weighted by molar-refractivity contribution is -0.148. The largest absolute Gasteiger partial charge is 0.510 e. The lowest BCUT2D eigenvalue weighted by atomic mass is 9.58. The summed E-state index contributed by atoms with van der Waals surface area (Å²) >= 11 is 0. The van der Waals surface area contributed by atoms with Crippen LogP contribution in [-0.4, -0.2) is 89.7 Å². The van der Waals surface area contributed by atoms with E-state index in [4.69, 9.17) is 10.5 Å². The number of phenolic OH excluding ortho intramolecular Hbond substituents is 1. The van der Waals surface area contributed by atoms with Gasteiger partial charge in [0.15, 0.2) is 11.4 Å². The molecule has 2 aromatic carbocycles. The van der Waals surface area contributed by atoms with Crippen LogP contribution in [0.2, 0.25) is 0 Å². The first-order valence-corrected chi connectivity index (χ1v) is 13.6. The first kappa shape index (κ1) is 29.7. The van der Waals surface area contributed by atoms with Crippen LogP contribution in [0.3, 0.4) is 0 Å². The maximum absolute atomic E-state index is 14.1. The number of nitrogens with zero attached hydrogens (tertiary/aromatic N) is 2. The van der Waals surface area contributed by atoms with Gasteiger partial charge in [0, 0.05) is 36.8 Å². The number of Topliss-reactive ketones (excluding diaryl/α,β-unsaturated/α-hetero) is 2. The molecular weight excluding hydrogens is 554 g/mol. The summed E-state index contributed by atoms with van der Waals surface area (Å²) in [5, 5.41) is 45.6. The molecule has 0 heterocycles. The van der Waals surface area contributed by atoms with Crippen LogP contribution in [0.25, 0.3) is 0 Å². The van der Waals surface area contributed by atoms with Crippen molar-refractivity contribution >= 4 is 23.2 Å². The van der Waals surface area contributed by atoms with Gasteiger partial charge in [0.1, 0.15) is 28.6 Å². The Balaban J connectivity index is 1.70. The van der Waals surface area contributed by atoms with Crippen molar-refractivity contribution in [3.8, 4) is 23.3 Å². The predicted molar refractivity (Wildman–Crippen MR) is 157 cm³/mol. The van der Waals surface area contributed by atoms with Crippen LogP contribution < -0.4 is 15.4 Å². The minimum Gasteiger partial charge on any atom is -0.510 e.